The Balaban J connectivity index is 1.74. The van der Waals surface area contributed by atoms with Gasteiger partial charge in [-0.05, 0) is 42.0 Å². The van der Waals surface area contributed by atoms with E-state index in [4.69, 9.17) is 32.7 Å². The maximum atomic E-state index is 6.20. The van der Waals surface area contributed by atoms with Crippen molar-refractivity contribution in [2.45, 2.75) is 6.54 Å². The lowest BCUT2D eigenvalue weighted by Gasteiger charge is -2.20. The lowest BCUT2D eigenvalue weighted by Crippen LogP contribution is -2.16. The molecule has 3 rings (SSSR count). The van der Waals surface area contributed by atoms with E-state index in [-0.39, 0.29) is 0 Å². The highest BCUT2D eigenvalue weighted by atomic mass is 35.5. The van der Waals surface area contributed by atoms with Crippen LogP contribution in [0.2, 0.25) is 10.0 Å². The maximum Gasteiger partial charge on any atom is 0.179 e. The maximum absolute atomic E-state index is 6.20. The molecule has 1 aliphatic rings. The Morgan fingerprint density at radius 3 is 2.55 bits per heavy atom. The zero-order valence-corrected chi connectivity index (χ0v) is 12.2. The molecule has 5 heteroatoms. The van der Waals surface area contributed by atoms with E-state index < -0.39 is 0 Å². The summed E-state index contributed by atoms with van der Waals surface area (Å²) in [7, 11) is 0. The van der Waals surface area contributed by atoms with Crippen molar-refractivity contribution in [1.82, 2.24) is 0 Å². The largest absolute Gasteiger partial charge is 0.486 e. The summed E-state index contributed by atoms with van der Waals surface area (Å²) in [5.41, 5.74) is 2.04. The third kappa shape index (κ3) is 2.94. The molecule has 0 radical (unpaired) electrons. The van der Waals surface area contributed by atoms with Crippen LogP contribution < -0.4 is 14.8 Å². The molecule has 0 amide bonds. The van der Waals surface area contributed by atoms with Crippen LogP contribution in [0.4, 0.5) is 5.69 Å². The minimum Gasteiger partial charge on any atom is -0.486 e. The van der Waals surface area contributed by atoms with Crippen molar-refractivity contribution in [3.05, 3.63) is 52.0 Å². The second kappa shape index (κ2) is 5.81. The predicted molar refractivity (Wildman–Crippen MR) is 81.2 cm³/mol. The Morgan fingerprint density at radius 2 is 1.75 bits per heavy atom. The molecular formula is C15H13Cl2NO2. The van der Waals surface area contributed by atoms with Crippen molar-refractivity contribution >= 4 is 28.9 Å². The number of nitrogens with one attached hydrogen (secondary N) is 1. The normalized spacial score (nSPS) is 13.1. The molecule has 0 atom stereocenters. The van der Waals surface area contributed by atoms with Crippen molar-refractivity contribution in [3.8, 4) is 11.5 Å². The molecular weight excluding hydrogens is 297 g/mol. The van der Waals surface area contributed by atoms with Crippen molar-refractivity contribution < 1.29 is 9.47 Å². The number of anilines is 1. The van der Waals surface area contributed by atoms with Crippen LogP contribution >= 0.6 is 23.2 Å². The highest BCUT2D eigenvalue weighted by Gasteiger charge is 2.16. The van der Waals surface area contributed by atoms with Crippen molar-refractivity contribution in [2.75, 3.05) is 18.5 Å². The minimum absolute atomic E-state index is 0.537. The van der Waals surface area contributed by atoms with E-state index in [0.29, 0.717) is 36.3 Å². The minimum atomic E-state index is 0.537. The van der Waals surface area contributed by atoms with Crippen LogP contribution in [0.1, 0.15) is 5.56 Å². The molecule has 0 spiro atoms. The van der Waals surface area contributed by atoms with E-state index in [9.17, 15) is 0 Å². The van der Waals surface area contributed by atoms with Gasteiger partial charge in [0.25, 0.3) is 0 Å². The van der Waals surface area contributed by atoms with Gasteiger partial charge in [0.1, 0.15) is 13.2 Å². The summed E-state index contributed by atoms with van der Waals surface area (Å²) in [4.78, 5) is 0. The van der Waals surface area contributed by atoms with Crippen LogP contribution in [0, 0.1) is 0 Å². The summed E-state index contributed by atoms with van der Waals surface area (Å²) >= 11 is 12.1. The van der Waals surface area contributed by atoms with Gasteiger partial charge < -0.3 is 14.8 Å². The molecule has 1 aliphatic heterocycles. The molecule has 104 valence electrons. The van der Waals surface area contributed by atoms with Gasteiger partial charge in [-0.2, -0.15) is 0 Å². The van der Waals surface area contributed by atoms with Crippen LogP contribution in [-0.4, -0.2) is 13.2 Å². The number of benzene rings is 2. The van der Waals surface area contributed by atoms with E-state index in [0.717, 1.165) is 16.3 Å². The monoisotopic (exact) mass is 309 g/mol. The fraction of sp³-hybridized carbons (Fsp3) is 0.200. The quantitative estimate of drug-likeness (QED) is 0.913. The van der Waals surface area contributed by atoms with E-state index in [1.807, 2.05) is 36.4 Å². The SMILES string of the molecule is Clc1ccc(NCc2cc(Cl)c3c(c2)OCCO3)cc1. The number of hydrogen-bond donors (Lipinski definition) is 1. The van der Waals surface area contributed by atoms with Gasteiger partial charge in [-0.3, -0.25) is 0 Å². The molecule has 0 aromatic heterocycles. The molecule has 3 nitrogen and oxygen atoms in total. The predicted octanol–water partition coefficient (Wildman–Crippen LogP) is 4.38. The number of ether oxygens (including phenoxy) is 2. The van der Waals surface area contributed by atoms with Crippen LogP contribution in [-0.2, 0) is 6.54 Å². The fourth-order valence-electron chi connectivity index (χ4n) is 2.04. The molecule has 0 unspecified atom stereocenters. The first-order valence-corrected chi connectivity index (χ1v) is 7.05. The molecule has 0 saturated carbocycles. The van der Waals surface area contributed by atoms with Gasteiger partial charge in [0.2, 0.25) is 0 Å². The summed E-state index contributed by atoms with van der Waals surface area (Å²) in [5, 5.41) is 4.61. The first kappa shape index (κ1) is 13.4. The average Bonchev–Trinajstić information content (AvgIpc) is 2.47. The molecule has 20 heavy (non-hydrogen) atoms. The number of rotatable bonds is 3. The first-order valence-electron chi connectivity index (χ1n) is 6.30. The van der Waals surface area contributed by atoms with E-state index in [1.165, 1.54) is 0 Å². The summed E-state index contributed by atoms with van der Waals surface area (Å²) in [6, 6.07) is 11.4. The molecule has 2 aromatic rings. The molecule has 1 heterocycles. The molecule has 0 fully saturated rings. The topological polar surface area (TPSA) is 30.5 Å². The Labute approximate surface area is 127 Å². The fourth-order valence-corrected chi connectivity index (χ4v) is 2.45. The van der Waals surface area contributed by atoms with Crippen LogP contribution in [0.5, 0.6) is 11.5 Å². The van der Waals surface area contributed by atoms with Crippen LogP contribution in [0.15, 0.2) is 36.4 Å². The Kier molecular flexibility index (Phi) is 3.90. The highest BCUT2D eigenvalue weighted by Crippen LogP contribution is 2.38. The number of halogens is 2. The van der Waals surface area contributed by atoms with E-state index in [2.05, 4.69) is 5.32 Å². The Hall–Kier alpha value is -1.58. The van der Waals surface area contributed by atoms with E-state index >= 15 is 0 Å². The molecule has 0 aliphatic carbocycles. The van der Waals surface area contributed by atoms with Crippen molar-refractivity contribution in [1.29, 1.82) is 0 Å². The average molecular weight is 310 g/mol. The van der Waals surface area contributed by atoms with Gasteiger partial charge in [-0.1, -0.05) is 23.2 Å². The third-order valence-corrected chi connectivity index (χ3v) is 3.53. The summed E-state index contributed by atoms with van der Waals surface area (Å²) in [6.45, 7) is 1.74. The van der Waals surface area contributed by atoms with Gasteiger partial charge in [-0.15, -0.1) is 0 Å². The second-order valence-corrected chi connectivity index (χ2v) is 5.31. The number of hydrogen-bond acceptors (Lipinski definition) is 3. The lowest BCUT2D eigenvalue weighted by atomic mass is 10.2. The van der Waals surface area contributed by atoms with Gasteiger partial charge in [0.15, 0.2) is 11.5 Å². The van der Waals surface area contributed by atoms with Crippen LogP contribution in [0.3, 0.4) is 0 Å². The molecule has 1 N–H and O–H groups in total. The van der Waals surface area contributed by atoms with Gasteiger partial charge in [0.05, 0.1) is 5.02 Å². The third-order valence-electron chi connectivity index (χ3n) is 3.00. The van der Waals surface area contributed by atoms with Crippen molar-refractivity contribution in [2.24, 2.45) is 0 Å². The lowest BCUT2D eigenvalue weighted by molar-refractivity contribution is 0.171. The number of fused-ring (bicyclic) bond motifs is 1. The molecule has 2 aromatic carbocycles. The van der Waals surface area contributed by atoms with Crippen molar-refractivity contribution in [3.63, 3.8) is 0 Å². The zero-order chi connectivity index (χ0) is 13.9. The Morgan fingerprint density at radius 1 is 1.00 bits per heavy atom. The summed E-state index contributed by atoms with van der Waals surface area (Å²) in [6.07, 6.45) is 0. The summed E-state index contributed by atoms with van der Waals surface area (Å²) in [5.74, 6) is 1.34. The van der Waals surface area contributed by atoms with Gasteiger partial charge >= 0.3 is 0 Å². The van der Waals surface area contributed by atoms with E-state index in [1.54, 1.807) is 0 Å². The highest BCUT2D eigenvalue weighted by molar-refractivity contribution is 6.32. The Bertz CT molecular complexity index is 614. The zero-order valence-electron chi connectivity index (χ0n) is 10.7. The van der Waals surface area contributed by atoms with Crippen LogP contribution in [0.25, 0.3) is 0 Å². The smallest absolute Gasteiger partial charge is 0.179 e. The summed E-state index contributed by atoms with van der Waals surface area (Å²) < 4.78 is 11.1. The van der Waals surface area contributed by atoms with Gasteiger partial charge in [0, 0.05) is 17.3 Å². The van der Waals surface area contributed by atoms with Gasteiger partial charge in [-0.25, -0.2) is 0 Å². The second-order valence-electron chi connectivity index (χ2n) is 4.46. The first-order chi connectivity index (χ1) is 9.72. The molecule has 0 bridgehead atoms. The molecule has 0 saturated heterocycles. The standard InChI is InChI=1S/C15H13Cl2NO2/c16-11-1-3-12(4-2-11)18-9-10-7-13(17)15-14(8-10)19-5-6-20-15/h1-4,7-8,18H,5-6,9H2.